The monoisotopic (exact) mass is 308 g/mol. The second-order valence-electron chi connectivity index (χ2n) is 5.51. The van der Waals surface area contributed by atoms with Gasteiger partial charge in [0.25, 0.3) is 11.6 Å². The van der Waals surface area contributed by atoms with Crippen molar-refractivity contribution in [2.75, 3.05) is 13.1 Å². The summed E-state index contributed by atoms with van der Waals surface area (Å²) < 4.78 is 11.2. The molecule has 0 unspecified atom stereocenters. The van der Waals surface area contributed by atoms with Gasteiger partial charge in [0, 0.05) is 25.2 Å². The van der Waals surface area contributed by atoms with Crippen LogP contribution in [-0.2, 0) is 9.53 Å². The fraction of sp³-hybridized carbons (Fsp3) is 0.533. The molecule has 0 aromatic heterocycles. The molecule has 0 bridgehead atoms. The molecular formula is C15H20N2O5. The first-order chi connectivity index (χ1) is 10.4. The molecule has 1 aliphatic rings. The van der Waals surface area contributed by atoms with Crippen molar-refractivity contribution in [1.29, 1.82) is 0 Å². The number of non-ortho nitro benzene ring substituents is 1. The van der Waals surface area contributed by atoms with E-state index in [2.05, 4.69) is 0 Å². The smallest absolute Gasteiger partial charge is 0.269 e. The van der Waals surface area contributed by atoms with Crippen molar-refractivity contribution >= 4 is 11.6 Å². The molecule has 0 N–H and O–H groups in total. The predicted octanol–water partition coefficient (Wildman–Crippen LogP) is 2.00. The van der Waals surface area contributed by atoms with Crippen LogP contribution in [0.25, 0.3) is 0 Å². The van der Waals surface area contributed by atoms with E-state index in [0.717, 1.165) is 0 Å². The van der Waals surface area contributed by atoms with E-state index in [0.29, 0.717) is 18.8 Å². The highest BCUT2D eigenvalue weighted by Crippen LogP contribution is 2.19. The molecule has 1 fully saturated rings. The first-order valence-electron chi connectivity index (χ1n) is 7.22. The normalized spacial score (nSPS) is 23.0. The van der Waals surface area contributed by atoms with Crippen LogP contribution in [0, 0.1) is 10.1 Å². The summed E-state index contributed by atoms with van der Waals surface area (Å²) in [5.41, 5.74) is -0.0119. The van der Waals surface area contributed by atoms with E-state index < -0.39 is 11.0 Å². The topological polar surface area (TPSA) is 81.9 Å². The molecule has 0 radical (unpaired) electrons. The van der Waals surface area contributed by atoms with Crippen molar-refractivity contribution in [3.05, 3.63) is 34.4 Å². The number of rotatable bonds is 4. The van der Waals surface area contributed by atoms with E-state index in [1.807, 2.05) is 13.8 Å². The van der Waals surface area contributed by atoms with Crippen LogP contribution in [0.5, 0.6) is 5.75 Å². The third-order valence-electron chi connectivity index (χ3n) is 3.44. The number of benzene rings is 1. The number of ether oxygens (including phenoxy) is 2. The third-order valence-corrected chi connectivity index (χ3v) is 3.44. The maximum atomic E-state index is 12.4. The molecule has 7 heteroatoms. The fourth-order valence-corrected chi connectivity index (χ4v) is 2.52. The third kappa shape index (κ3) is 3.94. The van der Waals surface area contributed by atoms with Crippen molar-refractivity contribution in [2.24, 2.45) is 0 Å². The molecule has 1 amide bonds. The zero-order chi connectivity index (χ0) is 16.3. The lowest BCUT2D eigenvalue weighted by atomic mass is 10.2. The van der Waals surface area contributed by atoms with Gasteiger partial charge in [-0.3, -0.25) is 14.9 Å². The average molecular weight is 308 g/mol. The second kappa shape index (κ2) is 6.74. The number of amides is 1. The molecule has 1 saturated heterocycles. The molecule has 1 aromatic carbocycles. The van der Waals surface area contributed by atoms with Gasteiger partial charge in [-0.25, -0.2) is 0 Å². The van der Waals surface area contributed by atoms with Crippen LogP contribution in [0.15, 0.2) is 24.3 Å². The maximum absolute atomic E-state index is 12.4. The summed E-state index contributed by atoms with van der Waals surface area (Å²) in [7, 11) is 0. The number of nitro benzene ring substituents is 1. The number of carbonyl (C=O) groups is 1. The molecule has 1 aromatic rings. The molecule has 7 nitrogen and oxygen atoms in total. The summed E-state index contributed by atoms with van der Waals surface area (Å²) in [6.45, 7) is 6.61. The molecule has 1 heterocycles. The lowest BCUT2D eigenvalue weighted by Crippen LogP contribution is -2.51. The molecule has 3 atom stereocenters. The zero-order valence-corrected chi connectivity index (χ0v) is 12.9. The highest BCUT2D eigenvalue weighted by molar-refractivity contribution is 5.81. The van der Waals surface area contributed by atoms with E-state index in [-0.39, 0.29) is 23.8 Å². The quantitative estimate of drug-likeness (QED) is 0.627. The van der Waals surface area contributed by atoms with Gasteiger partial charge < -0.3 is 14.4 Å². The van der Waals surface area contributed by atoms with E-state index in [1.165, 1.54) is 24.3 Å². The summed E-state index contributed by atoms with van der Waals surface area (Å²) in [6.07, 6.45) is -0.655. The van der Waals surface area contributed by atoms with Gasteiger partial charge in [-0.2, -0.15) is 0 Å². The highest BCUT2D eigenvalue weighted by Gasteiger charge is 2.29. The Morgan fingerprint density at radius 1 is 1.32 bits per heavy atom. The first-order valence-corrected chi connectivity index (χ1v) is 7.22. The Hall–Kier alpha value is -2.15. The Kier molecular flexibility index (Phi) is 4.97. The Labute approximate surface area is 129 Å². The van der Waals surface area contributed by atoms with Crippen LogP contribution in [0.2, 0.25) is 0 Å². The van der Waals surface area contributed by atoms with Crippen LogP contribution in [0.3, 0.4) is 0 Å². The van der Waals surface area contributed by atoms with Crippen LogP contribution < -0.4 is 4.74 Å². The average Bonchev–Trinajstić information content (AvgIpc) is 2.46. The lowest BCUT2D eigenvalue weighted by molar-refractivity contribution is -0.384. The Morgan fingerprint density at radius 2 is 1.86 bits per heavy atom. The highest BCUT2D eigenvalue weighted by atomic mass is 16.6. The summed E-state index contributed by atoms with van der Waals surface area (Å²) in [6, 6.07) is 5.69. The standard InChI is InChI=1S/C15H20N2O5/c1-10-8-16(9-11(2)21-10)15(18)12(3)22-14-6-4-13(5-7-14)17(19)20/h4-7,10-12H,8-9H2,1-3H3/t10-,11+,12-/m0/s1. The second-order valence-corrected chi connectivity index (χ2v) is 5.51. The largest absolute Gasteiger partial charge is 0.481 e. The van der Waals surface area contributed by atoms with Crippen molar-refractivity contribution in [3.8, 4) is 5.75 Å². The van der Waals surface area contributed by atoms with Gasteiger partial charge in [-0.05, 0) is 32.9 Å². The van der Waals surface area contributed by atoms with Crippen LogP contribution in [0.1, 0.15) is 20.8 Å². The maximum Gasteiger partial charge on any atom is 0.269 e. The summed E-state index contributed by atoms with van der Waals surface area (Å²) in [5.74, 6) is 0.321. The van der Waals surface area contributed by atoms with E-state index in [9.17, 15) is 14.9 Å². The molecule has 0 saturated carbocycles. The molecule has 1 aliphatic heterocycles. The molecule has 0 aliphatic carbocycles. The molecular weight excluding hydrogens is 288 g/mol. The molecule has 0 spiro atoms. The number of nitro groups is 1. The number of nitrogens with zero attached hydrogens (tertiary/aromatic N) is 2. The Morgan fingerprint density at radius 3 is 2.36 bits per heavy atom. The summed E-state index contributed by atoms with van der Waals surface area (Å²) >= 11 is 0. The van der Waals surface area contributed by atoms with Crippen LogP contribution in [0.4, 0.5) is 5.69 Å². The van der Waals surface area contributed by atoms with Crippen molar-refractivity contribution < 1.29 is 19.2 Å². The fourth-order valence-electron chi connectivity index (χ4n) is 2.52. The van der Waals surface area contributed by atoms with E-state index in [4.69, 9.17) is 9.47 Å². The zero-order valence-electron chi connectivity index (χ0n) is 12.9. The number of morpholine rings is 1. The Bertz CT molecular complexity index is 535. The van der Waals surface area contributed by atoms with Crippen molar-refractivity contribution in [1.82, 2.24) is 4.90 Å². The number of carbonyl (C=O) groups excluding carboxylic acids is 1. The van der Waals surface area contributed by atoms with Gasteiger partial charge in [-0.1, -0.05) is 0 Å². The van der Waals surface area contributed by atoms with Crippen LogP contribution in [-0.4, -0.2) is 47.1 Å². The van der Waals surface area contributed by atoms with E-state index in [1.54, 1.807) is 11.8 Å². The van der Waals surface area contributed by atoms with E-state index >= 15 is 0 Å². The van der Waals surface area contributed by atoms with Crippen molar-refractivity contribution in [3.63, 3.8) is 0 Å². The Balaban J connectivity index is 1.97. The van der Waals surface area contributed by atoms with Gasteiger partial charge in [0.05, 0.1) is 17.1 Å². The molecule has 120 valence electrons. The number of hydrogen-bond acceptors (Lipinski definition) is 5. The minimum Gasteiger partial charge on any atom is -0.481 e. The molecule has 2 rings (SSSR count). The minimum atomic E-state index is -0.654. The summed E-state index contributed by atoms with van der Waals surface area (Å²) in [5, 5.41) is 10.6. The van der Waals surface area contributed by atoms with Gasteiger partial charge in [0.1, 0.15) is 5.75 Å². The van der Waals surface area contributed by atoms with Crippen LogP contribution >= 0.6 is 0 Å². The molecule has 22 heavy (non-hydrogen) atoms. The van der Waals surface area contributed by atoms with Gasteiger partial charge in [-0.15, -0.1) is 0 Å². The van der Waals surface area contributed by atoms with Gasteiger partial charge in [0.2, 0.25) is 0 Å². The SMILES string of the molecule is C[C@@H]1CN(C(=O)[C@H](C)Oc2ccc([N+](=O)[O-])cc2)C[C@H](C)O1. The summed E-state index contributed by atoms with van der Waals surface area (Å²) in [4.78, 5) is 24.3. The predicted molar refractivity (Wildman–Crippen MR) is 79.8 cm³/mol. The lowest BCUT2D eigenvalue weighted by Gasteiger charge is -2.36. The minimum absolute atomic E-state index is 0.000671. The van der Waals surface area contributed by atoms with Gasteiger partial charge in [0.15, 0.2) is 6.10 Å². The first kappa shape index (κ1) is 16.2. The van der Waals surface area contributed by atoms with Crippen molar-refractivity contribution in [2.45, 2.75) is 39.1 Å². The number of hydrogen-bond donors (Lipinski definition) is 0. The van der Waals surface area contributed by atoms with Gasteiger partial charge >= 0.3 is 0 Å².